The Labute approximate surface area is 105 Å². The summed E-state index contributed by atoms with van der Waals surface area (Å²) in [5, 5.41) is 12.1. The van der Waals surface area contributed by atoms with E-state index in [0.29, 0.717) is 11.5 Å². The Morgan fingerprint density at radius 2 is 2.11 bits per heavy atom. The van der Waals surface area contributed by atoms with Crippen molar-refractivity contribution < 1.29 is 0 Å². The van der Waals surface area contributed by atoms with Crippen molar-refractivity contribution in [3.8, 4) is 6.07 Å². The van der Waals surface area contributed by atoms with E-state index in [1.54, 1.807) is 6.20 Å². The van der Waals surface area contributed by atoms with E-state index < -0.39 is 0 Å². The molecule has 2 aromatic rings. The van der Waals surface area contributed by atoms with Crippen LogP contribution in [-0.4, -0.2) is 9.97 Å². The van der Waals surface area contributed by atoms with Crippen molar-refractivity contribution in [2.75, 3.05) is 11.1 Å². The van der Waals surface area contributed by atoms with Gasteiger partial charge in [0.1, 0.15) is 6.07 Å². The molecule has 0 aliphatic carbocycles. The van der Waals surface area contributed by atoms with Crippen LogP contribution in [0.3, 0.4) is 0 Å². The lowest BCUT2D eigenvalue weighted by Crippen LogP contribution is -2.10. The Kier molecular flexibility index (Phi) is 3.39. The lowest BCUT2D eigenvalue weighted by molar-refractivity contribution is 0.870. The fraction of sp³-hybridized carbons (Fsp3) is 0.154. The lowest BCUT2D eigenvalue weighted by Gasteiger charge is -2.15. The number of nitrogens with zero attached hydrogens (tertiary/aromatic N) is 3. The summed E-state index contributed by atoms with van der Waals surface area (Å²) in [5.74, 6) is 0.481. The number of anilines is 2. The third kappa shape index (κ3) is 2.55. The number of nitriles is 1. The van der Waals surface area contributed by atoms with Gasteiger partial charge in [-0.15, -0.1) is 0 Å². The van der Waals surface area contributed by atoms with Crippen molar-refractivity contribution in [3.05, 3.63) is 47.9 Å². The number of benzene rings is 1. The summed E-state index contributed by atoms with van der Waals surface area (Å²) in [6, 6.07) is 9.58. The van der Waals surface area contributed by atoms with Crippen LogP contribution in [0.1, 0.15) is 24.2 Å². The first-order valence-electron chi connectivity index (χ1n) is 5.54. The maximum absolute atomic E-state index is 8.93. The zero-order valence-corrected chi connectivity index (χ0v) is 9.96. The third-order valence-corrected chi connectivity index (χ3v) is 2.57. The Balaban J connectivity index is 2.22. The van der Waals surface area contributed by atoms with Crippen LogP contribution < -0.4 is 11.1 Å². The molecule has 1 aromatic heterocycles. The molecule has 5 nitrogen and oxygen atoms in total. The standard InChI is InChI=1S/C13H13N5/c1-9(10-3-2-4-11(15)7-10)18-13-12(8-14)16-5-6-17-13/h2-7,9H,15H2,1H3,(H,17,18). The molecule has 1 unspecified atom stereocenters. The molecule has 3 N–H and O–H groups in total. The van der Waals surface area contributed by atoms with Crippen molar-refractivity contribution in [3.63, 3.8) is 0 Å². The zero-order valence-electron chi connectivity index (χ0n) is 9.96. The Bertz CT molecular complexity index is 588. The van der Waals surface area contributed by atoms with Crippen LogP contribution in [0.2, 0.25) is 0 Å². The van der Waals surface area contributed by atoms with E-state index in [1.807, 2.05) is 37.3 Å². The summed E-state index contributed by atoms with van der Waals surface area (Å²) in [4.78, 5) is 8.06. The molecule has 0 saturated heterocycles. The second-order valence-corrected chi connectivity index (χ2v) is 3.90. The first kappa shape index (κ1) is 11.9. The molecule has 0 aliphatic heterocycles. The molecular weight excluding hydrogens is 226 g/mol. The summed E-state index contributed by atoms with van der Waals surface area (Å²) in [6.45, 7) is 1.98. The minimum atomic E-state index is -0.00250. The molecule has 1 aromatic carbocycles. The predicted molar refractivity (Wildman–Crippen MR) is 69.6 cm³/mol. The van der Waals surface area contributed by atoms with Crippen molar-refractivity contribution >= 4 is 11.5 Å². The molecule has 0 fully saturated rings. The molecule has 1 atom stereocenters. The quantitative estimate of drug-likeness (QED) is 0.801. The van der Waals surface area contributed by atoms with Crippen molar-refractivity contribution in [1.29, 1.82) is 5.26 Å². The van der Waals surface area contributed by atoms with Gasteiger partial charge in [-0.3, -0.25) is 0 Å². The topological polar surface area (TPSA) is 87.6 Å². The number of nitrogens with one attached hydrogen (secondary N) is 1. The molecule has 18 heavy (non-hydrogen) atoms. The van der Waals surface area contributed by atoms with Gasteiger partial charge in [-0.2, -0.15) is 5.26 Å². The smallest absolute Gasteiger partial charge is 0.182 e. The van der Waals surface area contributed by atoms with Crippen LogP contribution in [0.4, 0.5) is 11.5 Å². The van der Waals surface area contributed by atoms with Crippen LogP contribution in [0.25, 0.3) is 0 Å². The monoisotopic (exact) mass is 239 g/mol. The zero-order chi connectivity index (χ0) is 13.0. The summed E-state index contributed by atoms with van der Waals surface area (Å²) in [5.41, 5.74) is 7.76. The molecule has 90 valence electrons. The van der Waals surface area contributed by atoms with Crippen molar-refractivity contribution in [2.45, 2.75) is 13.0 Å². The van der Waals surface area contributed by atoms with E-state index in [9.17, 15) is 0 Å². The molecule has 0 radical (unpaired) electrons. The highest BCUT2D eigenvalue weighted by Crippen LogP contribution is 2.20. The van der Waals surface area contributed by atoms with E-state index in [0.717, 1.165) is 5.56 Å². The summed E-state index contributed by atoms with van der Waals surface area (Å²) >= 11 is 0. The summed E-state index contributed by atoms with van der Waals surface area (Å²) in [6.07, 6.45) is 3.05. The summed E-state index contributed by atoms with van der Waals surface area (Å²) < 4.78 is 0. The highest BCUT2D eigenvalue weighted by Gasteiger charge is 2.09. The number of hydrogen-bond donors (Lipinski definition) is 2. The average Bonchev–Trinajstić information content (AvgIpc) is 2.39. The number of hydrogen-bond acceptors (Lipinski definition) is 5. The van der Waals surface area contributed by atoms with E-state index in [-0.39, 0.29) is 11.7 Å². The van der Waals surface area contributed by atoms with Crippen LogP contribution in [0.15, 0.2) is 36.7 Å². The first-order valence-corrected chi connectivity index (χ1v) is 5.54. The molecule has 5 heteroatoms. The fourth-order valence-corrected chi connectivity index (χ4v) is 1.64. The Morgan fingerprint density at radius 3 is 2.83 bits per heavy atom. The molecule has 1 heterocycles. The van der Waals surface area contributed by atoms with Gasteiger partial charge in [0, 0.05) is 18.1 Å². The van der Waals surface area contributed by atoms with Gasteiger partial charge in [-0.1, -0.05) is 12.1 Å². The van der Waals surface area contributed by atoms with Crippen LogP contribution in [0.5, 0.6) is 0 Å². The maximum atomic E-state index is 8.93. The van der Waals surface area contributed by atoms with E-state index in [4.69, 9.17) is 11.0 Å². The van der Waals surface area contributed by atoms with Gasteiger partial charge < -0.3 is 11.1 Å². The van der Waals surface area contributed by atoms with E-state index >= 15 is 0 Å². The lowest BCUT2D eigenvalue weighted by atomic mass is 10.1. The molecule has 0 bridgehead atoms. The molecule has 0 saturated carbocycles. The number of rotatable bonds is 3. The average molecular weight is 239 g/mol. The predicted octanol–water partition coefficient (Wildman–Crippen LogP) is 2.10. The number of nitrogens with two attached hydrogens (primary N) is 1. The van der Waals surface area contributed by atoms with Gasteiger partial charge in [-0.25, -0.2) is 9.97 Å². The first-order chi connectivity index (χ1) is 8.70. The van der Waals surface area contributed by atoms with Gasteiger partial charge in [-0.05, 0) is 24.6 Å². The Hall–Kier alpha value is -2.61. The van der Waals surface area contributed by atoms with Gasteiger partial charge in [0.25, 0.3) is 0 Å². The largest absolute Gasteiger partial charge is 0.399 e. The normalized spacial score (nSPS) is 11.6. The maximum Gasteiger partial charge on any atom is 0.182 e. The van der Waals surface area contributed by atoms with Crippen molar-refractivity contribution in [2.24, 2.45) is 0 Å². The summed E-state index contributed by atoms with van der Waals surface area (Å²) in [7, 11) is 0. The minimum Gasteiger partial charge on any atom is -0.399 e. The molecular formula is C13H13N5. The van der Waals surface area contributed by atoms with Crippen LogP contribution in [0, 0.1) is 11.3 Å². The van der Waals surface area contributed by atoms with Gasteiger partial charge >= 0.3 is 0 Å². The van der Waals surface area contributed by atoms with E-state index in [1.165, 1.54) is 6.20 Å². The number of nitrogen functional groups attached to an aromatic ring is 1. The van der Waals surface area contributed by atoms with Crippen molar-refractivity contribution in [1.82, 2.24) is 9.97 Å². The van der Waals surface area contributed by atoms with Gasteiger partial charge in [0.2, 0.25) is 0 Å². The highest BCUT2D eigenvalue weighted by atomic mass is 15.0. The fourth-order valence-electron chi connectivity index (χ4n) is 1.64. The Morgan fingerprint density at radius 1 is 1.33 bits per heavy atom. The van der Waals surface area contributed by atoms with Crippen LogP contribution in [-0.2, 0) is 0 Å². The molecule has 0 aliphatic rings. The van der Waals surface area contributed by atoms with Crippen LogP contribution >= 0.6 is 0 Å². The SMILES string of the molecule is CC(Nc1nccnc1C#N)c1cccc(N)c1. The van der Waals surface area contributed by atoms with Gasteiger partial charge in [0.05, 0.1) is 6.04 Å². The third-order valence-electron chi connectivity index (χ3n) is 2.57. The second kappa shape index (κ2) is 5.15. The molecule has 0 spiro atoms. The number of aromatic nitrogens is 2. The van der Waals surface area contributed by atoms with E-state index in [2.05, 4.69) is 15.3 Å². The minimum absolute atomic E-state index is 0.00250. The molecule has 0 amide bonds. The second-order valence-electron chi connectivity index (χ2n) is 3.90. The molecule has 2 rings (SSSR count). The highest BCUT2D eigenvalue weighted by molar-refractivity contribution is 5.50. The van der Waals surface area contributed by atoms with Gasteiger partial charge in [0.15, 0.2) is 11.5 Å².